The molecule has 0 spiro atoms. The largest absolute Gasteiger partial charge is 0.423 e. The number of fused-ring (bicyclic) bond motifs is 1. The van der Waals surface area contributed by atoms with Crippen LogP contribution in [-0.2, 0) is 17.9 Å². The van der Waals surface area contributed by atoms with Crippen molar-refractivity contribution in [1.82, 2.24) is 10.2 Å². The van der Waals surface area contributed by atoms with Gasteiger partial charge in [-0.2, -0.15) is 0 Å². The molecule has 0 bridgehead atoms. The Kier molecular flexibility index (Phi) is 6.31. The lowest BCUT2D eigenvalue weighted by Gasteiger charge is -2.20. The quantitative estimate of drug-likeness (QED) is 0.605. The molecule has 0 fully saturated rings. The van der Waals surface area contributed by atoms with E-state index in [1.54, 1.807) is 17.4 Å². The molecule has 3 rings (SSSR count). The zero-order valence-electron chi connectivity index (χ0n) is 15.3. The van der Waals surface area contributed by atoms with Crippen molar-refractivity contribution in [3.8, 4) is 0 Å². The number of rotatable bonds is 7. The van der Waals surface area contributed by atoms with Crippen molar-refractivity contribution in [2.75, 3.05) is 13.1 Å². The average molecular weight is 405 g/mol. The number of aryl methyl sites for hydroxylation is 1. The van der Waals surface area contributed by atoms with E-state index < -0.39 is 5.63 Å². The number of benzene rings is 1. The van der Waals surface area contributed by atoms with Gasteiger partial charge in [0.15, 0.2) is 0 Å². The van der Waals surface area contributed by atoms with E-state index in [4.69, 9.17) is 16.0 Å². The van der Waals surface area contributed by atoms with Gasteiger partial charge in [0.2, 0.25) is 5.91 Å². The minimum atomic E-state index is -0.405. The molecule has 0 aliphatic carbocycles. The van der Waals surface area contributed by atoms with Gasteiger partial charge in [0.05, 0.1) is 13.1 Å². The molecule has 0 atom stereocenters. The van der Waals surface area contributed by atoms with Crippen LogP contribution in [0.5, 0.6) is 0 Å². The molecule has 2 aromatic heterocycles. The second-order valence-corrected chi connectivity index (χ2v) is 7.79. The van der Waals surface area contributed by atoms with Crippen molar-refractivity contribution in [2.24, 2.45) is 0 Å². The van der Waals surface area contributed by atoms with Gasteiger partial charge in [-0.1, -0.05) is 24.6 Å². The fourth-order valence-corrected chi connectivity index (χ4v) is 3.67. The first-order valence-corrected chi connectivity index (χ1v) is 9.96. The average Bonchev–Trinajstić information content (AvgIpc) is 3.14. The first-order valence-electron chi connectivity index (χ1n) is 8.70. The Bertz CT molecular complexity index is 998. The molecule has 0 aliphatic rings. The minimum absolute atomic E-state index is 0.0496. The summed E-state index contributed by atoms with van der Waals surface area (Å²) in [6.07, 6.45) is 0. The number of carbonyl (C=O) groups excluding carboxylic acids is 1. The van der Waals surface area contributed by atoms with Gasteiger partial charge in [0.25, 0.3) is 0 Å². The van der Waals surface area contributed by atoms with Crippen LogP contribution in [-0.4, -0.2) is 23.9 Å². The zero-order valence-corrected chi connectivity index (χ0v) is 16.8. The van der Waals surface area contributed by atoms with Gasteiger partial charge in [-0.15, -0.1) is 11.3 Å². The number of nitrogens with one attached hydrogen (secondary N) is 1. The lowest BCUT2D eigenvalue weighted by Crippen LogP contribution is -2.36. The number of halogens is 1. The van der Waals surface area contributed by atoms with Crippen molar-refractivity contribution in [1.29, 1.82) is 0 Å². The van der Waals surface area contributed by atoms with E-state index in [9.17, 15) is 9.59 Å². The van der Waals surface area contributed by atoms with Crippen LogP contribution in [0.25, 0.3) is 11.0 Å². The SMILES string of the molecule is CCN(CC(=O)NCc1cccs1)Cc1cc(=O)oc2cc(C)c(Cl)cc12. The third-order valence-electron chi connectivity index (χ3n) is 4.36. The van der Waals surface area contributed by atoms with Gasteiger partial charge in [0.1, 0.15) is 5.58 Å². The van der Waals surface area contributed by atoms with Crippen molar-refractivity contribution < 1.29 is 9.21 Å². The summed E-state index contributed by atoms with van der Waals surface area (Å²) in [6.45, 7) is 5.77. The zero-order chi connectivity index (χ0) is 19.4. The normalized spacial score (nSPS) is 11.3. The maximum Gasteiger partial charge on any atom is 0.336 e. The molecule has 1 aromatic carbocycles. The Morgan fingerprint density at radius 1 is 1.33 bits per heavy atom. The predicted octanol–water partition coefficient (Wildman–Crippen LogP) is 3.95. The Morgan fingerprint density at radius 2 is 2.15 bits per heavy atom. The Hall–Kier alpha value is -2.15. The van der Waals surface area contributed by atoms with E-state index >= 15 is 0 Å². The highest BCUT2D eigenvalue weighted by Gasteiger charge is 2.14. The second-order valence-electron chi connectivity index (χ2n) is 6.35. The summed E-state index contributed by atoms with van der Waals surface area (Å²) >= 11 is 7.86. The van der Waals surface area contributed by atoms with Gasteiger partial charge in [-0.25, -0.2) is 4.79 Å². The number of amides is 1. The summed E-state index contributed by atoms with van der Waals surface area (Å²) in [7, 11) is 0. The third kappa shape index (κ3) is 4.97. The summed E-state index contributed by atoms with van der Waals surface area (Å²) in [4.78, 5) is 27.3. The summed E-state index contributed by atoms with van der Waals surface area (Å²) < 4.78 is 5.30. The summed E-state index contributed by atoms with van der Waals surface area (Å²) in [5, 5.41) is 6.33. The molecule has 2 heterocycles. The first-order chi connectivity index (χ1) is 13.0. The molecule has 0 radical (unpaired) electrons. The van der Waals surface area contributed by atoms with Gasteiger partial charge in [-0.3, -0.25) is 9.69 Å². The van der Waals surface area contributed by atoms with Crippen LogP contribution in [0.1, 0.15) is 22.9 Å². The van der Waals surface area contributed by atoms with Crippen molar-refractivity contribution in [3.63, 3.8) is 0 Å². The molecule has 0 saturated carbocycles. The highest BCUT2D eigenvalue weighted by molar-refractivity contribution is 7.09. The van der Waals surface area contributed by atoms with Gasteiger partial charge < -0.3 is 9.73 Å². The molecule has 7 heteroatoms. The molecule has 0 saturated heterocycles. The molecule has 27 heavy (non-hydrogen) atoms. The van der Waals surface area contributed by atoms with Gasteiger partial charge in [0, 0.05) is 27.9 Å². The van der Waals surface area contributed by atoms with Crippen LogP contribution >= 0.6 is 22.9 Å². The summed E-state index contributed by atoms with van der Waals surface area (Å²) in [5.41, 5.74) is 1.76. The van der Waals surface area contributed by atoms with Crippen LogP contribution in [0.2, 0.25) is 5.02 Å². The Labute approximate surface area is 166 Å². The van der Waals surface area contributed by atoms with Crippen molar-refractivity contribution >= 4 is 39.8 Å². The highest BCUT2D eigenvalue weighted by atomic mass is 35.5. The number of carbonyl (C=O) groups is 1. The number of likely N-dealkylation sites (N-methyl/N-ethyl adjacent to an activating group) is 1. The maximum absolute atomic E-state index is 12.3. The van der Waals surface area contributed by atoms with Crippen LogP contribution in [0, 0.1) is 6.92 Å². The van der Waals surface area contributed by atoms with Crippen LogP contribution < -0.4 is 10.9 Å². The van der Waals surface area contributed by atoms with Gasteiger partial charge in [-0.05, 0) is 48.2 Å². The number of hydrogen-bond donors (Lipinski definition) is 1. The van der Waals surface area contributed by atoms with Crippen molar-refractivity contribution in [3.05, 3.63) is 67.2 Å². The fourth-order valence-electron chi connectivity index (χ4n) is 2.86. The highest BCUT2D eigenvalue weighted by Crippen LogP contribution is 2.25. The predicted molar refractivity (Wildman–Crippen MR) is 109 cm³/mol. The van der Waals surface area contributed by atoms with E-state index in [1.807, 2.05) is 42.3 Å². The molecule has 0 unspecified atom stereocenters. The second kappa shape index (κ2) is 8.69. The third-order valence-corrected chi connectivity index (χ3v) is 5.64. The topological polar surface area (TPSA) is 62.6 Å². The van der Waals surface area contributed by atoms with Crippen LogP contribution in [0.3, 0.4) is 0 Å². The van der Waals surface area contributed by atoms with Crippen LogP contribution in [0.15, 0.2) is 44.9 Å². The van der Waals surface area contributed by atoms with E-state index in [0.717, 1.165) is 21.4 Å². The molecule has 0 aliphatic heterocycles. The standard InChI is InChI=1S/C20H21ClN2O3S/c1-3-23(12-19(24)22-10-15-5-4-6-27-15)11-14-8-20(25)26-18-7-13(2)17(21)9-16(14)18/h4-9H,3,10-12H2,1-2H3,(H,22,24). The number of thiophene rings is 1. The molecule has 142 valence electrons. The van der Waals surface area contributed by atoms with E-state index in [1.165, 1.54) is 6.07 Å². The molecule has 1 amide bonds. The molecule has 3 aromatic rings. The van der Waals surface area contributed by atoms with E-state index in [-0.39, 0.29) is 12.5 Å². The number of hydrogen-bond acceptors (Lipinski definition) is 5. The van der Waals surface area contributed by atoms with Gasteiger partial charge >= 0.3 is 5.63 Å². The smallest absolute Gasteiger partial charge is 0.336 e. The van der Waals surface area contributed by atoms with Crippen LogP contribution in [0.4, 0.5) is 0 Å². The molecule has 1 N–H and O–H groups in total. The fraction of sp³-hybridized carbons (Fsp3) is 0.300. The Morgan fingerprint density at radius 3 is 2.85 bits per heavy atom. The molecule has 5 nitrogen and oxygen atoms in total. The van der Waals surface area contributed by atoms with E-state index in [2.05, 4.69) is 5.32 Å². The van der Waals surface area contributed by atoms with Crippen molar-refractivity contribution in [2.45, 2.75) is 26.9 Å². The lowest BCUT2D eigenvalue weighted by molar-refractivity contribution is -0.122. The summed E-state index contributed by atoms with van der Waals surface area (Å²) in [6, 6.07) is 9.01. The monoisotopic (exact) mass is 404 g/mol. The van der Waals surface area contributed by atoms with E-state index in [0.29, 0.717) is 30.2 Å². The number of nitrogens with zero attached hydrogens (tertiary/aromatic N) is 1. The molecular weight excluding hydrogens is 384 g/mol. The maximum atomic E-state index is 12.3. The first kappa shape index (κ1) is 19.6. The summed E-state index contributed by atoms with van der Waals surface area (Å²) in [5.74, 6) is -0.0496. The Balaban J connectivity index is 1.74. The minimum Gasteiger partial charge on any atom is -0.423 e. The lowest BCUT2D eigenvalue weighted by atomic mass is 10.1. The molecular formula is C20H21ClN2O3S.